The lowest BCUT2D eigenvalue weighted by Gasteiger charge is -2.39. The molecule has 26 heavy (non-hydrogen) atoms. The number of hydrogen-bond donors (Lipinski definition) is 1. The molecule has 1 aromatic rings. The third-order valence-corrected chi connectivity index (χ3v) is 7.38. The zero-order chi connectivity index (χ0) is 18.0. The van der Waals surface area contributed by atoms with Gasteiger partial charge in [-0.05, 0) is 43.0 Å². The third-order valence-electron chi connectivity index (χ3n) is 6.40. The Morgan fingerprint density at radius 2 is 2.31 bits per heavy atom. The Morgan fingerprint density at radius 3 is 2.92 bits per heavy atom. The molecule has 1 spiro atoms. The van der Waals surface area contributed by atoms with E-state index in [1.165, 1.54) is 37.1 Å². The molecular formula is C20H32N4OS. The lowest BCUT2D eigenvalue weighted by Crippen LogP contribution is -2.49. The molecule has 6 heteroatoms. The van der Waals surface area contributed by atoms with Crippen LogP contribution < -0.4 is 5.32 Å². The second-order valence-electron chi connectivity index (χ2n) is 8.16. The van der Waals surface area contributed by atoms with E-state index in [0.717, 1.165) is 38.7 Å². The monoisotopic (exact) mass is 376 g/mol. The Morgan fingerprint density at radius 1 is 1.42 bits per heavy atom. The van der Waals surface area contributed by atoms with E-state index in [-0.39, 0.29) is 0 Å². The van der Waals surface area contributed by atoms with Crippen LogP contribution in [-0.2, 0) is 4.74 Å². The molecule has 1 saturated carbocycles. The van der Waals surface area contributed by atoms with Gasteiger partial charge in [0.05, 0.1) is 18.8 Å². The second kappa shape index (κ2) is 7.87. The van der Waals surface area contributed by atoms with Crippen LogP contribution in [-0.4, -0.2) is 68.2 Å². The Balaban J connectivity index is 1.40. The summed E-state index contributed by atoms with van der Waals surface area (Å²) >= 11 is 1.85. The topological polar surface area (TPSA) is 40.1 Å². The standard InChI is InChI=1S/C20H32N4OS/c1-16-14-23(10-11-25-16)17(18-5-3-12-26-18)13-22-19(21-2)24-9-8-20(15-24)6-4-7-20/h3,5,12,16-17H,4,6-11,13-15H2,1-2H3,(H,21,22). The van der Waals surface area contributed by atoms with Crippen LogP contribution in [0.5, 0.6) is 0 Å². The number of hydrogen-bond acceptors (Lipinski definition) is 4. The summed E-state index contributed by atoms with van der Waals surface area (Å²) in [6.07, 6.45) is 5.87. The Hall–Kier alpha value is -1.11. The molecule has 4 rings (SSSR count). The number of thiophene rings is 1. The maximum atomic E-state index is 5.75. The van der Waals surface area contributed by atoms with Crippen molar-refractivity contribution in [1.82, 2.24) is 15.1 Å². The van der Waals surface area contributed by atoms with Crippen LogP contribution in [0.3, 0.4) is 0 Å². The zero-order valence-corrected chi connectivity index (χ0v) is 16.9. The fourth-order valence-corrected chi connectivity index (χ4v) is 5.60. The van der Waals surface area contributed by atoms with Gasteiger partial charge in [0.15, 0.2) is 5.96 Å². The van der Waals surface area contributed by atoms with Crippen molar-refractivity contribution in [2.24, 2.45) is 10.4 Å². The zero-order valence-electron chi connectivity index (χ0n) is 16.1. The van der Waals surface area contributed by atoms with Gasteiger partial charge in [0.2, 0.25) is 0 Å². The molecule has 3 fully saturated rings. The van der Waals surface area contributed by atoms with Crippen molar-refractivity contribution in [2.75, 3.05) is 46.4 Å². The van der Waals surface area contributed by atoms with Crippen LogP contribution in [0.2, 0.25) is 0 Å². The van der Waals surface area contributed by atoms with Crippen molar-refractivity contribution in [3.63, 3.8) is 0 Å². The summed E-state index contributed by atoms with van der Waals surface area (Å²) in [7, 11) is 1.92. The highest BCUT2D eigenvalue weighted by Gasteiger charge is 2.43. The first-order valence-electron chi connectivity index (χ1n) is 10.0. The maximum absolute atomic E-state index is 5.75. The molecule has 1 N–H and O–H groups in total. The minimum Gasteiger partial charge on any atom is -0.376 e. The largest absolute Gasteiger partial charge is 0.376 e. The lowest BCUT2D eigenvalue weighted by atomic mass is 9.68. The molecule has 2 saturated heterocycles. The summed E-state index contributed by atoms with van der Waals surface area (Å²) in [6, 6.07) is 4.81. The van der Waals surface area contributed by atoms with Crippen molar-refractivity contribution in [2.45, 2.75) is 44.8 Å². The third kappa shape index (κ3) is 3.78. The molecule has 144 valence electrons. The van der Waals surface area contributed by atoms with E-state index in [9.17, 15) is 0 Å². The van der Waals surface area contributed by atoms with E-state index in [4.69, 9.17) is 4.74 Å². The Bertz CT molecular complexity index is 613. The van der Waals surface area contributed by atoms with Crippen LogP contribution in [0.4, 0.5) is 0 Å². The SMILES string of the molecule is CN=C(NCC(c1cccs1)N1CCOC(C)C1)N1CCC2(CCC2)C1. The van der Waals surface area contributed by atoms with Crippen LogP contribution >= 0.6 is 11.3 Å². The number of aliphatic imine (C=N–C) groups is 1. The van der Waals surface area contributed by atoms with Crippen molar-refractivity contribution in [3.8, 4) is 0 Å². The van der Waals surface area contributed by atoms with Gasteiger partial charge >= 0.3 is 0 Å². The van der Waals surface area contributed by atoms with Crippen molar-refractivity contribution < 1.29 is 4.74 Å². The average molecular weight is 377 g/mol. The molecule has 3 heterocycles. The number of nitrogens with one attached hydrogen (secondary N) is 1. The summed E-state index contributed by atoms with van der Waals surface area (Å²) in [5, 5.41) is 5.88. The second-order valence-corrected chi connectivity index (χ2v) is 9.14. The summed E-state index contributed by atoms with van der Waals surface area (Å²) in [4.78, 5) is 11.1. The van der Waals surface area contributed by atoms with E-state index >= 15 is 0 Å². The number of rotatable bonds is 4. The van der Waals surface area contributed by atoms with Gasteiger partial charge in [-0.15, -0.1) is 11.3 Å². The van der Waals surface area contributed by atoms with Gasteiger partial charge < -0.3 is 15.0 Å². The number of guanidine groups is 1. The normalized spacial score (nSPS) is 27.5. The smallest absolute Gasteiger partial charge is 0.193 e. The fraction of sp³-hybridized carbons (Fsp3) is 0.750. The first kappa shape index (κ1) is 18.3. The molecular weight excluding hydrogens is 344 g/mol. The van der Waals surface area contributed by atoms with E-state index < -0.39 is 0 Å². The molecule has 2 aliphatic heterocycles. The van der Waals surface area contributed by atoms with Crippen LogP contribution in [0, 0.1) is 5.41 Å². The van der Waals surface area contributed by atoms with Crippen molar-refractivity contribution in [3.05, 3.63) is 22.4 Å². The molecule has 2 atom stereocenters. The van der Waals surface area contributed by atoms with Gasteiger partial charge in [0, 0.05) is 44.6 Å². The first-order valence-corrected chi connectivity index (χ1v) is 10.9. The lowest BCUT2D eigenvalue weighted by molar-refractivity contribution is -0.0334. The summed E-state index contributed by atoms with van der Waals surface area (Å²) in [5.74, 6) is 1.08. The van der Waals surface area contributed by atoms with Gasteiger partial charge in [0.25, 0.3) is 0 Å². The molecule has 0 bridgehead atoms. The maximum Gasteiger partial charge on any atom is 0.193 e. The van der Waals surface area contributed by atoms with E-state index in [0.29, 0.717) is 17.6 Å². The van der Waals surface area contributed by atoms with Crippen molar-refractivity contribution >= 4 is 17.3 Å². The number of likely N-dealkylation sites (tertiary alicyclic amines) is 1. The van der Waals surface area contributed by atoms with Gasteiger partial charge in [0.1, 0.15) is 0 Å². The molecule has 1 aliphatic carbocycles. The Kier molecular flexibility index (Phi) is 5.53. The molecule has 0 amide bonds. The molecule has 0 aromatic carbocycles. The number of morpholine rings is 1. The molecule has 1 aromatic heterocycles. The van der Waals surface area contributed by atoms with Gasteiger partial charge in [-0.2, -0.15) is 0 Å². The highest BCUT2D eigenvalue weighted by atomic mass is 32.1. The van der Waals surface area contributed by atoms with E-state index in [1.807, 2.05) is 18.4 Å². The Labute approximate surface area is 161 Å². The molecule has 3 aliphatic rings. The number of nitrogens with zero attached hydrogens (tertiary/aromatic N) is 3. The summed E-state index contributed by atoms with van der Waals surface area (Å²) < 4.78 is 5.75. The molecule has 0 radical (unpaired) electrons. The van der Waals surface area contributed by atoms with E-state index in [2.05, 4.69) is 44.5 Å². The van der Waals surface area contributed by atoms with Crippen LogP contribution in [0.1, 0.15) is 43.5 Å². The quantitative estimate of drug-likeness (QED) is 0.648. The predicted molar refractivity (Wildman–Crippen MR) is 108 cm³/mol. The molecule has 2 unspecified atom stereocenters. The van der Waals surface area contributed by atoms with Crippen molar-refractivity contribution in [1.29, 1.82) is 0 Å². The minimum absolute atomic E-state index is 0.308. The average Bonchev–Trinajstić information content (AvgIpc) is 3.28. The first-order chi connectivity index (χ1) is 12.7. The van der Waals surface area contributed by atoms with Crippen LogP contribution in [0.15, 0.2) is 22.5 Å². The molecule has 5 nitrogen and oxygen atoms in total. The predicted octanol–water partition coefficient (Wildman–Crippen LogP) is 2.96. The van der Waals surface area contributed by atoms with Gasteiger partial charge in [-0.25, -0.2) is 0 Å². The van der Waals surface area contributed by atoms with Gasteiger partial charge in [-0.1, -0.05) is 12.5 Å². The van der Waals surface area contributed by atoms with E-state index in [1.54, 1.807) is 0 Å². The van der Waals surface area contributed by atoms with Gasteiger partial charge in [-0.3, -0.25) is 9.89 Å². The summed E-state index contributed by atoms with van der Waals surface area (Å²) in [5.41, 5.74) is 0.602. The highest BCUT2D eigenvalue weighted by molar-refractivity contribution is 7.10. The summed E-state index contributed by atoms with van der Waals surface area (Å²) in [6.45, 7) is 8.24. The number of ether oxygens (including phenoxy) is 1. The fourth-order valence-electron chi connectivity index (χ4n) is 4.74. The van der Waals surface area contributed by atoms with Crippen LogP contribution in [0.25, 0.3) is 0 Å². The minimum atomic E-state index is 0.308. The highest BCUT2D eigenvalue weighted by Crippen LogP contribution is 2.47.